The van der Waals surface area contributed by atoms with E-state index in [1.807, 2.05) is 26.1 Å². The van der Waals surface area contributed by atoms with E-state index in [0.717, 1.165) is 0 Å². The number of H-pyrrole nitrogens is 1. The number of carboxylic acids is 6. The molecule has 606 valence electrons. The lowest BCUT2D eigenvalue weighted by Crippen LogP contribution is -2.60. The summed E-state index contributed by atoms with van der Waals surface area (Å²) in [5.41, 5.74) is 18.4. The van der Waals surface area contributed by atoms with E-state index in [0.29, 0.717) is 28.9 Å². The van der Waals surface area contributed by atoms with Gasteiger partial charge in [0.1, 0.15) is 48.3 Å². The number of rotatable bonds is 50. The van der Waals surface area contributed by atoms with Gasteiger partial charge in [-0.05, 0) is 113 Å². The van der Waals surface area contributed by atoms with Gasteiger partial charge in [0.05, 0.1) is 37.7 Å². The number of aliphatic carboxylic acids is 6. The number of aromatic nitrogens is 4. The highest BCUT2D eigenvalue weighted by atomic mass is 32.2. The van der Waals surface area contributed by atoms with Crippen LogP contribution in [0.3, 0.4) is 0 Å². The molecule has 0 saturated heterocycles. The van der Waals surface area contributed by atoms with E-state index in [1.54, 1.807) is 24.3 Å². The summed E-state index contributed by atoms with van der Waals surface area (Å²) < 4.78 is -0.511. The van der Waals surface area contributed by atoms with Gasteiger partial charge >= 0.3 is 53.4 Å². The van der Waals surface area contributed by atoms with Crippen LogP contribution in [-0.4, -0.2) is 224 Å². The van der Waals surface area contributed by atoms with Crippen molar-refractivity contribution in [3.8, 4) is 0 Å². The molecule has 0 saturated carbocycles. The molecule has 0 bridgehead atoms. The molecule has 0 aliphatic heterocycles. The number of hydrogen-bond donors (Lipinski definition) is 22. The number of carbonyl (C=O) groups is 16. The van der Waals surface area contributed by atoms with Crippen molar-refractivity contribution in [1.29, 1.82) is 0 Å². The van der Waals surface area contributed by atoms with Gasteiger partial charge in [0.2, 0.25) is 47.3 Å². The van der Waals surface area contributed by atoms with Crippen molar-refractivity contribution in [2.75, 3.05) is 36.4 Å². The van der Waals surface area contributed by atoms with Crippen molar-refractivity contribution in [2.24, 2.45) is 11.5 Å². The quantitative estimate of drug-likeness (QED) is 0.0212. The average molecular weight is 1580 g/mol. The molecule has 2 aromatic carbocycles. The summed E-state index contributed by atoms with van der Waals surface area (Å²) in [6, 6.07) is -2.32. The molecule has 25 N–H and O–H groups in total. The van der Waals surface area contributed by atoms with Crippen LogP contribution in [0.4, 0.5) is 21.2 Å². The number of aromatic amines is 1. The van der Waals surface area contributed by atoms with Crippen molar-refractivity contribution < 1.29 is 107 Å². The molecule has 2 aromatic heterocycles. The Bertz CT molecular complexity index is 4010. The van der Waals surface area contributed by atoms with Crippen LogP contribution in [0.25, 0.3) is 11.2 Å². The third-order valence-corrected chi connectivity index (χ3v) is 17.5. The van der Waals surface area contributed by atoms with Crippen molar-refractivity contribution in [1.82, 2.24) is 78.4 Å². The molecular weight excluding hydrogens is 1480 g/mol. The second kappa shape index (κ2) is 46.1. The normalized spacial score (nSPS) is 13.2. The molecule has 0 aliphatic rings. The lowest BCUT2D eigenvalue weighted by atomic mass is 10.1. The molecular formula is C68H95N19O23S. The highest BCUT2D eigenvalue weighted by Gasteiger charge is 2.35. The van der Waals surface area contributed by atoms with E-state index in [4.69, 9.17) is 22.3 Å². The van der Waals surface area contributed by atoms with Crippen molar-refractivity contribution in [2.45, 2.75) is 190 Å². The number of nitrogens with zero attached hydrogens (tertiary/aromatic N) is 3. The second-order valence-corrected chi connectivity index (χ2v) is 28.1. The Morgan fingerprint density at radius 3 is 1.59 bits per heavy atom. The first-order chi connectivity index (χ1) is 52.4. The minimum absolute atomic E-state index is 0.0111. The van der Waals surface area contributed by atoms with Crippen LogP contribution in [0.5, 0.6) is 0 Å². The summed E-state index contributed by atoms with van der Waals surface area (Å²) in [7, 11) is 0. The predicted octanol–water partition coefficient (Wildman–Crippen LogP) is -2.04. The molecule has 0 radical (unpaired) electrons. The molecule has 4 aromatic rings. The van der Waals surface area contributed by atoms with Gasteiger partial charge in [-0.1, -0.05) is 45.0 Å². The summed E-state index contributed by atoms with van der Waals surface area (Å²) in [4.78, 5) is 230. The van der Waals surface area contributed by atoms with Gasteiger partial charge < -0.3 is 117 Å². The van der Waals surface area contributed by atoms with E-state index in [1.165, 1.54) is 42.2 Å². The zero-order chi connectivity index (χ0) is 82.5. The number of nitrogens with two attached hydrogens (primary N) is 3. The highest BCUT2D eigenvalue weighted by molar-refractivity contribution is 8.00. The van der Waals surface area contributed by atoms with Crippen molar-refractivity contribution in [3.05, 3.63) is 87.5 Å². The summed E-state index contributed by atoms with van der Waals surface area (Å²) in [6.45, 7) is 5.82. The van der Waals surface area contributed by atoms with Crippen LogP contribution in [0.1, 0.15) is 144 Å². The SMILES string of the molecule is CC(C)(C)SC[C@@H](NC(=O)[C@H](CCCCN)NC(=O)[C@H](CC(=O)O)NC(=O)[C@H](CC(=O)O)NC(=O)Cc1ccc(CNC(=O)NCCCC[C@H](NC(=O)N[C@@H](CCC(=O)O)C(=O)O)C(=O)O)cc1)C(=O)N[C@@H](CCCCNC(=O)CC[C@H](NC(=O)c1ccc(NCc2cnc3[nH]c(N)nc(=O)c3n2)cc1)C(=O)O)C(N)=O. The fraction of sp³-hybridized carbons (Fsp3) is 0.500. The van der Waals surface area contributed by atoms with Gasteiger partial charge in [0, 0.05) is 54.2 Å². The van der Waals surface area contributed by atoms with Gasteiger partial charge in [-0.2, -0.15) is 16.7 Å². The van der Waals surface area contributed by atoms with Gasteiger partial charge in [-0.3, -0.25) is 57.5 Å². The number of nitrogens with one attached hydrogen (secondary N) is 13. The number of primary amides is 1. The van der Waals surface area contributed by atoms with Crippen LogP contribution in [0, 0.1) is 0 Å². The number of hydrogen-bond acceptors (Lipinski definition) is 24. The van der Waals surface area contributed by atoms with E-state index in [9.17, 15) is 107 Å². The highest BCUT2D eigenvalue weighted by Crippen LogP contribution is 2.24. The van der Waals surface area contributed by atoms with Crippen molar-refractivity contribution in [3.63, 3.8) is 0 Å². The lowest BCUT2D eigenvalue weighted by molar-refractivity contribution is -0.143. The number of fused-ring (bicyclic) bond motifs is 1. The number of benzene rings is 2. The first kappa shape index (κ1) is 91.1. The summed E-state index contributed by atoms with van der Waals surface area (Å²) in [5, 5.41) is 86.5. The second-order valence-electron chi connectivity index (χ2n) is 26.3. The zero-order valence-corrected chi connectivity index (χ0v) is 61.8. The fourth-order valence-corrected chi connectivity index (χ4v) is 11.1. The number of carboxylic acid groups (broad SMARTS) is 6. The van der Waals surface area contributed by atoms with Gasteiger partial charge in [0.15, 0.2) is 11.2 Å². The molecule has 111 heavy (non-hydrogen) atoms. The van der Waals surface area contributed by atoms with Crippen LogP contribution >= 0.6 is 11.8 Å². The minimum Gasteiger partial charge on any atom is -0.481 e. The summed E-state index contributed by atoms with van der Waals surface area (Å²) in [5.74, 6) is -16.6. The van der Waals surface area contributed by atoms with Gasteiger partial charge in [-0.25, -0.2) is 33.9 Å². The van der Waals surface area contributed by atoms with Gasteiger partial charge in [-0.15, -0.1) is 0 Å². The third-order valence-electron chi connectivity index (χ3n) is 16.1. The molecule has 0 spiro atoms. The lowest BCUT2D eigenvalue weighted by Gasteiger charge is -2.28. The molecule has 2 heterocycles. The molecule has 12 amide bonds. The van der Waals surface area contributed by atoms with E-state index < -0.39 is 186 Å². The number of carbonyl (C=O) groups excluding carboxylic acids is 10. The number of anilines is 2. The van der Waals surface area contributed by atoms with Crippen LogP contribution < -0.4 is 86.6 Å². The average Bonchev–Trinajstić information content (AvgIpc) is 0.811. The minimum atomic E-state index is -1.99. The largest absolute Gasteiger partial charge is 0.481 e. The fourth-order valence-electron chi connectivity index (χ4n) is 10.2. The smallest absolute Gasteiger partial charge is 0.326 e. The molecule has 4 rings (SSSR count). The Labute approximate surface area is 638 Å². The number of urea groups is 2. The van der Waals surface area contributed by atoms with Crippen LogP contribution in [0.15, 0.2) is 59.5 Å². The van der Waals surface area contributed by atoms with Crippen molar-refractivity contribution >= 4 is 130 Å². The first-order valence-corrected chi connectivity index (χ1v) is 36.0. The summed E-state index contributed by atoms with van der Waals surface area (Å²) >= 11 is 1.23. The number of thioether (sulfide) groups is 1. The number of nitrogen functional groups attached to an aromatic ring is 1. The van der Waals surface area contributed by atoms with E-state index in [2.05, 4.69) is 78.4 Å². The zero-order valence-electron chi connectivity index (χ0n) is 61.0. The van der Waals surface area contributed by atoms with Crippen LogP contribution in [0.2, 0.25) is 0 Å². The standard InChI is InChI=1S/C68H95N19O23S/c1-68(2,3)111-34-47(60(101)79-40(54(70)96)10-5-8-26-72-48(88)23-21-43(63(105)106)81-56(97)37-17-19-38(20-18-37)74-32-39-33-75-55-53(77-39)61(102)87-65(71)86-55)83-57(98)41(11-4-7-25-69)80-59(100)46(30-52(94)95)82-58(99)45(29-51(92)93)78-49(89)28-35-13-15-36(16-14-35)31-76-66(109)73-27-9-6-12-42(62(103)104)84-67(110)85-44(64(107)108)22-24-50(90)91/h13-20,33,40-47,74H,4-12,21-32,34,69H2,1-3H3,(H2,70,96)(H,72,88)(H,78,89)(H,79,101)(H,80,100)(H,81,97)(H,82,99)(H,83,98)(H,90,91)(H,92,93)(H,94,95)(H,103,104)(H,105,106)(H,107,108)(H2,73,76,109)(H2,84,85,110)(H3,71,75,86,87,102)/t40-,41-,42-,43-,44-,45-,46-,47+/m0/s1. The predicted molar refractivity (Wildman–Crippen MR) is 395 cm³/mol. The van der Waals surface area contributed by atoms with Gasteiger partial charge in [0.25, 0.3) is 5.91 Å². The number of unbranched alkanes of at least 4 members (excludes halogenated alkanes) is 3. The maximum absolute atomic E-state index is 14.2. The monoisotopic (exact) mass is 1580 g/mol. The number of amides is 12. The maximum Gasteiger partial charge on any atom is 0.326 e. The van der Waals surface area contributed by atoms with E-state index in [-0.39, 0.29) is 125 Å². The Kier molecular flexibility index (Phi) is 37.9. The Balaban J connectivity index is 1.28. The molecule has 42 nitrogen and oxygen atoms in total. The molecule has 0 unspecified atom stereocenters. The summed E-state index contributed by atoms with van der Waals surface area (Å²) in [6.07, 6.45) is -1.72. The molecule has 8 atom stereocenters. The topological polar surface area (TPSA) is 688 Å². The maximum atomic E-state index is 14.2. The first-order valence-electron chi connectivity index (χ1n) is 35.0. The molecule has 0 aliphatic carbocycles. The van der Waals surface area contributed by atoms with Crippen LogP contribution in [-0.2, 0) is 81.8 Å². The molecule has 0 fully saturated rings. The molecule has 43 heteroatoms. The Hall–Kier alpha value is -12.3. The third kappa shape index (κ3) is 35.1. The Morgan fingerprint density at radius 2 is 1.01 bits per heavy atom. The van der Waals surface area contributed by atoms with E-state index >= 15 is 0 Å². The Morgan fingerprint density at radius 1 is 0.505 bits per heavy atom.